The number of nitrogens with one attached hydrogen (secondary N) is 9. The average molecular weight is 1130 g/mol. The Morgan fingerprint density at radius 2 is 0.938 bits per heavy atom. The van der Waals surface area contributed by atoms with E-state index < -0.39 is 101 Å². The molecule has 0 unspecified atom stereocenters. The molecular weight excluding hydrogens is 1050 g/mol. The van der Waals surface area contributed by atoms with Crippen LogP contribution in [0.5, 0.6) is 0 Å². The van der Waals surface area contributed by atoms with Crippen LogP contribution >= 0.6 is 11.8 Å². The Bertz CT molecular complexity index is 2920. The predicted molar refractivity (Wildman–Crippen MR) is 314 cm³/mol. The lowest BCUT2D eigenvalue weighted by molar-refractivity contribution is -0.135. The molecule has 22 nitrogen and oxygen atoms in total. The lowest BCUT2D eigenvalue weighted by Crippen LogP contribution is -2.60. The van der Waals surface area contributed by atoms with Crippen LogP contribution in [-0.4, -0.2) is 138 Å². The number of unbranched alkanes of at least 4 members (excludes halogenated alkanes) is 2. The molecule has 1 heterocycles. The molecule has 5 aromatic rings. The number of hydrogen-bond donors (Lipinski definition) is 13. The second-order valence-electron chi connectivity index (χ2n) is 19.9. The van der Waals surface area contributed by atoms with Gasteiger partial charge in [-0.3, -0.25) is 43.2 Å². The van der Waals surface area contributed by atoms with Gasteiger partial charge in [0.2, 0.25) is 53.2 Å². The normalized spacial score (nSPS) is 14.1. The van der Waals surface area contributed by atoms with E-state index in [0.717, 1.165) is 21.7 Å². The third kappa shape index (κ3) is 20.0. The summed E-state index contributed by atoms with van der Waals surface area (Å²) in [6, 6.07) is 19.7. The van der Waals surface area contributed by atoms with Gasteiger partial charge in [0.15, 0.2) is 0 Å². The summed E-state index contributed by atoms with van der Waals surface area (Å²) in [4.78, 5) is 127. The number of carbonyl (C=O) groups excluding carboxylic acids is 9. The van der Waals surface area contributed by atoms with Gasteiger partial charge < -0.3 is 70.5 Å². The smallest absolute Gasteiger partial charge is 0.243 e. The number of H-pyrrole nitrogens is 1. The van der Waals surface area contributed by atoms with Gasteiger partial charge >= 0.3 is 0 Å². The number of carbonyl (C=O) groups is 9. The molecule has 1 aromatic heterocycles. The third-order valence-electron chi connectivity index (χ3n) is 13.7. The molecule has 0 saturated carbocycles. The monoisotopic (exact) mass is 1130 g/mol. The van der Waals surface area contributed by atoms with E-state index in [9.17, 15) is 43.2 Å². The summed E-state index contributed by atoms with van der Waals surface area (Å²) in [5.41, 5.74) is 25.6. The number of nitrogens with two attached hydrogens (primary N) is 4. The molecule has 0 spiro atoms. The van der Waals surface area contributed by atoms with Gasteiger partial charge in [-0.1, -0.05) is 91.0 Å². The van der Waals surface area contributed by atoms with Crippen molar-refractivity contribution in [1.29, 1.82) is 0 Å². The predicted octanol–water partition coefficient (Wildman–Crippen LogP) is 0.722. The van der Waals surface area contributed by atoms with E-state index >= 15 is 0 Å². The number of aromatic nitrogens is 1. The second-order valence-corrected chi connectivity index (χ2v) is 20.9. The van der Waals surface area contributed by atoms with Crippen LogP contribution in [-0.2, 0) is 62.4 Å². The Balaban J connectivity index is 1.43. The van der Waals surface area contributed by atoms with Crippen LogP contribution in [0.25, 0.3) is 21.7 Å². The minimum atomic E-state index is -1.35. The first-order valence-corrected chi connectivity index (χ1v) is 28.7. The molecule has 0 saturated heterocycles. The minimum Gasteiger partial charge on any atom is -0.368 e. The van der Waals surface area contributed by atoms with Gasteiger partial charge in [-0.25, -0.2) is 0 Å². The first-order chi connectivity index (χ1) is 39.0. The molecule has 8 atom stereocenters. The third-order valence-corrected chi connectivity index (χ3v) is 14.4. The van der Waals surface area contributed by atoms with Crippen LogP contribution in [0.2, 0.25) is 0 Å². The Labute approximate surface area is 476 Å². The highest BCUT2D eigenvalue weighted by molar-refractivity contribution is 7.98. The van der Waals surface area contributed by atoms with Gasteiger partial charge in [0.05, 0.1) is 6.54 Å². The van der Waals surface area contributed by atoms with Crippen molar-refractivity contribution in [1.82, 2.24) is 47.5 Å². The van der Waals surface area contributed by atoms with E-state index in [1.54, 1.807) is 36.5 Å². The van der Waals surface area contributed by atoms with Crippen LogP contribution < -0.4 is 65.5 Å². The highest BCUT2D eigenvalue weighted by atomic mass is 32.2. The number of para-hydroxylation sites is 1. The van der Waals surface area contributed by atoms with E-state index in [4.69, 9.17) is 22.9 Å². The number of amides is 9. The first kappa shape index (κ1) is 64.0. The van der Waals surface area contributed by atoms with E-state index in [1.807, 2.05) is 73.0 Å². The first-order valence-electron chi connectivity index (χ1n) is 27.3. The summed E-state index contributed by atoms with van der Waals surface area (Å²) in [5.74, 6) is -5.79. The number of benzene rings is 4. The fourth-order valence-corrected chi connectivity index (χ4v) is 9.63. The van der Waals surface area contributed by atoms with Crippen LogP contribution in [0.1, 0.15) is 75.5 Å². The molecule has 0 aliphatic rings. The fourth-order valence-electron chi connectivity index (χ4n) is 9.16. The maximum Gasteiger partial charge on any atom is 0.243 e. The number of hydrogen-bond acceptors (Lipinski definition) is 13. The number of fused-ring (bicyclic) bond motifs is 2. The maximum atomic E-state index is 14.9. The van der Waals surface area contributed by atoms with Crippen molar-refractivity contribution in [3.8, 4) is 0 Å². The van der Waals surface area contributed by atoms with Crippen molar-refractivity contribution < 1.29 is 43.2 Å². The maximum absolute atomic E-state index is 14.9. The summed E-state index contributed by atoms with van der Waals surface area (Å²) in [5, 5.41) is 24.3. The Hall–Kier alpha value is -7.86. The van der Waals surface area contributed by atoms with Crippen molar-refractivity contribution in [2.24, 2.45) is 22.9 Å². The summed E-state index contributed by atoms with van der Waals surface area (Å²) >= 11 is 1.47. The molecule has 436 valence electrons. The molecule has 0 aliphatic carbocycles. The van der Waals surface area contributed by atoms with Crippen molar-refractivity contribution >= 4 is 86.6 Å². The Morgan fingerprint density at radius 1 is 0.469 bits per heavy atom. The number of aromatic amines is 1. The van der Waals surface area contributed by atoms with Gasteiger partial charge in [-0.2, -0.15) is 11.8 Å². The zero-order valence-electron chi connectivity index (χ0n) is 46.2. The van der Waals surface area contributed by atoms with Gasteiger partial charge in [0.1, 0.15) is 48.3 Å². The van der Waals surface area contributed by atoms with Gasteiger partial charge in [-0.15, -0.1) is 0 Å². The van der Waals surface area contributed by atoms with E-state index in [-0.39, 0.29) is 51.6 Å². The minimum absolute atomic E-state index is 0.00926. The SMILES string of the molecule is CSCC[C@H](NC(=O)CN)C(=O)N[C@@H](C)C(=O)N[C@H](C)C(=O)N[C@H](Cc1cccc2ccccc12)C(=O)N[C@H](CCCCN)C(=O)N[C@H](Cc1c[nH]c2ccccc12)C(=O)N[C@@H](Cc1ccccc1)C(=O)N[C@@H](CCCCN)C(N)=O. The van der Waals surface area contributed by atoms with Gasteiger partial charge in [-0.05, 0) is 117 Å². The molecule has 9 amide bonds. The van der Waals surface area contributed by atoms with Gasteiger partial charge in [0, 0.05) is 36.4 Å². The molecule has 23 heteroatoms. The highest BCUT2D eigenvalue weighted by Crippen LogP contribution is 2.22. The molecule has 0 aliphatic heterocycles. The lowest BCUT2D eigenvalue weighted by Gasteiger charge is -2.28. The molecular formula is C58H79N13O9S. The average Bonchev–Trinajstić information content (AvgIpc) is 3.93. The zero-order chi connectivity index (χ0) is 58.8. The molecule has 0 fully saturated rings. The fraction of sp³-hybridized carbons (Fsp3) is 0.431. The van der Waals surface area contributed by atoms with Crippen LogP contribution in [0.3, 0.4) is 0 Å². The van der Waals surface area contributed by atoms with Crippen LogP contribution in [0, 0.1) is 0 Å². The molecule has 0 bridgehead atoms. The van der Waals surface area contributed by atoms with E-state index in [2.05, 4.69) is 47.5 Å². The van der Waals surface area contributed by atoms with Crippen molar-refractivity contribution in [2.75, 3.05) is 31.6 Å². The summed E-state index contributed by atoms with van der Waals surface area (Å²) in [6.45, 7) is 3.15. The molecule has 5 rings (SSSR count). The molecule has 0 radical (unpaired) electrons. The summed E-state index contributed by atoms with van der Waals surface area (Å²) in [6.07, 6.45) is 5.96. The van der Waals surface area contributed by atoms with Crippen LogP contribution in [0.4, 0.5) is 0 Å². The van der Waals surface area contributed by atoms with Gasteiger partial charge in [0.25, 0.3) is 0 Å². The number of primary amides is 1. The van der Waals surface area contributed by atoms with Crippen molar-refractivity contribution in [3.63, 3.8) is 0 Å². The van der Waals surface area contributed by atoms with Crippen LogP contribution in [0.15, 0.2) is 103 Å². The Morgan fingerprint density at radius 3 is 1.56 bits per heavy atom. The van der Waals surface area contributed by atoms with E-state index in [0.29, 0.717) is 54.7 Å². The summed E-state index contributed by atoms with van der Waals surface area (Å²) in [7, 11) is 0. The summed E-state index contributed by atoms with van der Waals surface area (Å²) < 4.78 is 0. The molecule has 17 N–H and O–H groups in total. The Kier molecular flexibility index (Phi) is 26.1. The highest BCUT2D eigenvalue weighted by Gasteiger charge is 2.34. The molecule has 4 aromatic carbocycles. The standard InChI is InChI=1S/C58H79N13O9S/c1-35(65-54(76)46(26-29-81-3)66-50(72)33-61)52(74)64-36(2)53(75)69-48(31-39-20-15-19-38-18-7-8-21-41(38)39)57(79)68-45(25-12-14-28-60)55(77)71-49(32-40-34-63-43-23-10-9-22-42(40)43)58(80)70-47(30-37-16-5-4-6-17-37)56(78)67-44(51(62)73)24-11-13-27-59/h4-10,15-23,34-36,44-49,63H,11-14,24-33,59-61H2,1-3H3,(H2,62,73)(H,64,74)(H,65,76)(H,66,72)(H,67,78)(H,68,79)(H,69,75)(H,70,80)(H,71,77)/t35-,36+,44-,45+,46-,47-,48+,49+/m0/s1. The second kappa shape index (κ2) is 33.0. The largest absolute Gasteiger partial charge is 0.368 e. The lowest BCUT2D eigenvalue weighted by atomic mass is 9.97. The topological polar surface area (TPSA) is 370 Å². The quantitative estimate of drug-likeness (QED) is 0.0253. The number of rotatable bonds is 34. The van der Waals surface area contributed by atoms with E-state index in [1.165, 1.54) is 25.6 Å². The molecule has 81 heavy (non-hydrogen) atoms. The van der Waals surface area contributed by atoms with Crippen molar-refractivity contribution in [3.05, 3.63) is 120 Å². The number of thioether (sulfide) groups is 1. The van der Waals surface area contributed by atoms with Crippen molar-refractivity contribution in [2.45, 2.75) is 126 Å². The zero-order valence-corrected chi connectivity index (χ0v) is 47.0.